The van der Waals surface area contributed by atoms with Gasteiger partial charge >= 0.3 is 0 Å². The zero-order valence-corrected chi connectivity index (χ0v) is 12.5. The summed E-state index contributed by atoms with van der Waals surface area (Å²) in [6.07, 6.45) is 4.33. The van der Waals surface area contributed by atoms with Crippen LogP contribution in [0.1, 0.15) is 58.6 Å². The van der Waals surface area contributed by atoms with Crippen LogP contribution in [0.15, 0.2) is 30.6 Å². The van der Waals surface area contributed by atoms with Gasteiger partial charge < -0.3 is 4.40 Å². The van der Waals surface area contributed by atoms with Gasteiger partial charge in [0.25, 0.3) is 0 Å². The molecule has 1 atom stereocenters. The summed E-state index contributed by atoms with van der Waals surface area (Å²) in [5, 5.41) is 0. The molecule has 0 aliphatic carbocycles. The zero-order valence-electron chi connectivity index (χ0n) is 12.5. The van der Waals surface area contributed by atoms with Crippen LogP contribution in [-0.4, -0.2) is 4.40 Å². The maximum Gasteiger partial charge on any atom is 0.0490 e. The molecule has 0 saturated heterocycles. The monoisotopic (exact) mass is 243 g/mol. The number of nitrogens with zero attached hydrogens (tertiary/aromatic N) is 1. The molecule has 2 heterocycles. The van der Waals surface area contributed by atoms with Gasteiger partial charge in [-0.15, -0.1) is 0 Å². The molecule has 18 heavy (non-hydrogen) atoms. The molecule has 1 unspecified atom stereocenters. The van der Waals surface area contributed by atoms with Gasteiger partial charge in [0.2, 0.25) is 0 Å². The van der Waals surface area contributed by atoms with Gasteiger partial charge in [-0.2, -0.15) is 0 Å². The normalized spacial score (nSPS) is 14.4. The van der Waals surface area contributed by atoms with Crippen LogP contribution in [0.3, 0.4) is 0 Å². The molecule has 0 amide bonds. The van der Waals surface area contributed by atoms with E-state index in [1.165, 1.54) is 16.6 Å². The number of aromatic nitrogens is 1. The van der Waals surface area contributed by atoms with E-state index in [1.54, 1.807) is 0 Å². The minimum absolute atomic E-state index is 0.180. The molecule has 0 aromatic carbocycles. The molecule has 2 aromatic heterocycles. The lowest BCUT2D eigenvalue weighted by molar-refractivity contribution is 0.510. The third kappa shape index (κ3) is 2.19. The lowest BCUT2D eigenvalue weighted by Gasteiger charge is -2.28. The second-order valence-electron chi connectivity index (χ2n) is 6.73. The molecule has 1 heteroatoms. The van der Waals surface area contributed by atoms with E-state index < -0.39 is 0 Å². The standard InChI is InChI=1S/C17H25N/c1-12(2)13(3)14-9-11-18-10-7-8-15(18)16(14)17(4,5)6/h7-13H,1-6H3. The Morgan fingerprint density at radius 1 is 1.00 bits per heavy atom. The van der Waals surface area contributed by atoms with E-state index in [9.17, 15) is 0 Å². The molecule has 0 saturated carbocycles. The highest BCUT2D eigenvalue weighted by Crippen LogP contribution is 2.36. The van der Waals surface area contributed by atoms with Gasteiger partial charge in [-0.25, -0.2) is 0 Å². The Bertz CT molecular complexity index is 540. The van der Waals surface area contributed by atoms with E-state index in [0.717, 1.165) is 0 Å². The Hall–Kier alpha value is -1.24. The second-order valence-corrected chi connectivity index (χ2v) is 6.73. The molecule has 0 aliphatic heterocycles. The summed E-state index contributed by atoms with van der Waals surface area (Å²) in [4.78, 5) is 0. The van der Waals surface area contributed by atoms with Crippen LogP contribution in [0.25, 0.3) is 5.52 Å². The van der Waals surface area contributed by atoms with Crippen molar-refractivity contribution in [1.29, 1.82) is 0 Å². The van der Waals surface area contributed by atoms with Crippen molar-refractivity contribution in [3.05, 3.63) is 41.7 Å². The summed E-state index contributed by atoms with van der Waals surface area (Å²) in [5.41, 5.74) is 4.53. The summed E-state index contributed by atoms with van der Waals surface area (Å²) in [5.74, 6) is 1.27. The highest BCUT2D eigenvalue weighted by atomic mass is 14.9. The second kappa shape index (κ2) is 4.46. The Morgan fingerprint density at radius 3 is 2.22 bits per heavy atom. The zero-order chi connectivity index (χ0) is 13.5. The van der Waals surface area contributed by atoms with Crippen molar-refractivity contribution >= 4 is 5.52 Å². The fraction of sp³-hybridized carbons (Fsp3) is 0.529. The summed E-state index contributed by atoms with van der Waals surface area (Å²) in [7, 11) is 0. The Balaban J connectivity index is 2.73. The van der Waals surface area contributed by atoms with Crippen LogP contribution < -0.4 is 0 Å². The summed E-state index contributed by atoms with van der Waals surface area (Å²) < 4.78 is 2.23. The fourth-order valence-corrected chi connectivity index (χ4v) is 2.68. The maximum atomic E-state index is 2.34. The molecule has 2 aromatic rings. The van der Waals surface area contributed by atoms with Gasteiger partial charge in [0.1, 0.15) is 0 Å². The number of rotatable bonds is 2. The summed E-state index contributed by atoms with van der Waals surface area (Å²) >= 11 is 0. The minimum Gasteiger partial charge on any atom is -0.324 e. The van der Waals surface area contributed by atoms with E-state index in [0.29, 0.717) is 11.8 Å². The Morgan fingerprint density at radius 2 is 1.67 bits per heavy atom. The van der Waals surface area contributed by atoms with Gasteiger partial charge in [-0.05, 0) is 46.6 Å². The number of hydrogen-bond acceptors (Lipinski definition) is 0. The van der Waals surface area contributed by atoms with E-state index in [4.69, 9.17) is 0 Å². The number of pyridine rings is 1. The van der Waals surface area contributed by atoms with Gasteiger partial charge in [0.15, 0.2) is 0 Å². The molecule has 98 valence electrons. The van der Waals surface area contributed by atoms with E-state index in [1.807, 2.05) is 0 Å². The van der Waals surface area contributed by atoms with E-state index in [-0.39, 0.29) is 5.41 Å². The largest absolute Gasteiger partial charge is 0.324 e. The van der Waals surface area contributed by atoms with Crippen LogP contribution in [0.2, 0.25) is 0 Å². The molecular formula is C17H25N. The topological polar surface area (TPSA) is 4.41 Å². The van der Waals surface area contributed by atoms with Gasteiger partial charge in [0, 0.05) is 17.9 Å². The summed E-state index contributed by atoms with van der Waals surface area (Å²) in [6.45, 7) is 13.9. The van der Waals surface area contributed by atoms with Crippen LogP contribution in [0.4, 0.5) is 0 Å². The predicted molar refractivity (Wildman–Crippen MR) is 79.4 cm³/mol. The van der Waals surface area contributed by atoms with Gasteiger partial charge in [-0.3, -0.25) is 0 Å². The van der Waals surface area contributed by atoms with Crippen molar-refractivity contribution in [2.75, 3.05) is 0 Å². The molecule has 1 nitrogen and oxygen atoms in total. The highest BCUT2D eigenvalue weighted by Gasteiger charge is 2.24. The minimum atomic E-state index is 0.180. The van der Waals surface area contributed by atoms with E-state index >= 15 is 0 Å². The van der Waals surface area contributed by atoms with Crippen LogP contribution >= 0.6 is 0 Å². The van der Waals surface area contributed by atoms with E-state index in [2.05, 4.69) is 76.5 Å². The van der Waals surface area contributed by atoms with Crippen molar-refractivity contribution in [1.82, 2.24) is 4.40 Å². The SMILES string of the molecule is CC(C)C(C)c1ccn2cccc2c1C(C)(C)C. The lowest BCUT2D eigenvalue weighted by Crippen LogP contribution is -2.18. The third-order valence-corrected chi connectivity index (χ3v) is 3.98. The van der Waals surface area contributed by atoms with Crippen molar-refractivity contribution in [3.8, 4) is 0 Å². The third-order valence-electron chi connectivity index (χ3n) is 3.98. The number of hydrogen-bond donors (Lipinski definition) is 0. The first-order chi connectivity index (χ1) is 8.32. The van der Waals surface area contributed by atoms with Crippen molar-refractivity contribution < 1.29 is 0 Å². The average Bonchev–Trinajstić information content (AvgIpc) is 2.72. The van der Waals surface area contributed by atoms with Crippen molar-refractivity contribution in [2.24, 2.45) is 5.92 Å². The Labute approximate surface area is 111 Å². The molecule has 2 rings (SSSR count). The van der Waals surface area contributed by atoms with Crippen LogP contribution in [0, 0.1) is 5.92 Å². The molecule has 0 radical (unpaired) electrons. The van der Waals surface area contributed by atoms with Crippen molar-refractivity contribution in [3.63, 3.8) is 0 Å². The average molecular weight is 243 g/mol. The van der Waals surface area contributed by atoms with Gasteiger partial charge in [0.05, 0.1) is 0 Å². The first-order valence-corrected chi connectivity index (χ1v) is 6.92. The first kappa shape index (κ1) is 13.2. The molecule has 0 fully saturated rings. The van der Waals surface area contributed by atoms with Crippen LogP contribution in [0.5, 0.6) is 0 Å². The smallest absolute Gasteiger partial charge is 0.0490 e. The first-order valence-electron chi connectivity index (χ1n) is 6.92. The Kier molecular flexibility index (Phi) is 3.27. The van der Waals surface area contributed by atoms with Gasteiger partial charge in [-0.1, -0.05) is 41.5 Å². The molecule has 0 aliphatic rings. The predicted octanol–water partition coefficient (Wildman–Crippen LogP) is 5.00. The fourth-order valence-electron chi connectivity index (χ4n) is 2.68. The molecule has 0 spiro atoms. The van der Waals surface area contributed by atoms with Crippen molar-refractivity contribution in [2.45, 2.75) is 52.9 Å². The molecular weight excluding hydrogens is 218 g/mol. The lowest BCUT2D eigenvalue weighted by atomic mass is 9.77. The van der Waals surface area contributed by atoms with Crippen LogP contribution in [-0.2, 0) is 5.41 Å². The molecule has 0 N–H and O–H groups in total. The summed E-state index contributed by atoms with van der Waals surface area (Å²) in [6, 6.07) is 6.67. The highest BCUT2D eigenvalue weighted by molar-refractivity contribution is 5.62. The maximum absolute atomic E-state index is 2.34. The molecule has 0 bridgehead atoms. The number of fused-ring (bicyclic) bond motifs is 1. The quantitative estimate of drug-likeness (QED) is 0.699.